The van der Waals surface area contributed by atoms with Crippen molar-refractivity contribution in [3.8, 4) is 12.3 Å². The lowest BCUT2D eigenvalue weighted by atomic mass is 9.99. The van der Waals surface area contributed by atoms with Crippen LogP contribution in [0.25, 0.3) is 0 Å². The average Bonchev–Trinajstić information content (AvgIpc) is 2.51. The van der Waals surface area contributed by atoms with Gasteiger partial charge < -0.3 is 4.74 Å². The van der Waals surface area contributed by atoms with Crippen molar-refractivity contribution < 1.29 is 13.2 Å². The Morgan fingerprint density at radius 2 is 1.95 bits per heavy atom. The fraction of sp³-hybridized carbons (Fsp3) is 0.529. The van der Waals surface area contributed by atoms with Crippen LogP contribution in [0.3, 0.4) is 0 Å². The molecule has 1 aromatic carbocycles. The molecule has 1 aliphatic heterocycles. The Morgan fingerprint density at radius 1 is 1.27 bits per heavy atom. The molecular formula is C17H23NO3S. The van der Waals surface area contributed by atoms with Gasteiger partial charge in [0.15, 0.2) is 0 Å². The zero-order valence-corrected chi connectivity index (χ0v) is 14.0. The van der Waals surface area contributed by atoms with E-state index in [-0.39, 0.29) is 0 Å². The Bertz CT molecular complexity index is 653. The van der Waals surface area contributed by atoms with Crippen LogP contribution in [0.15, 0.2) is 23.1 Å². The minimum absolute atomic E-state index is 0.321. The fourth-order valence-electron chi connectivity index (χ4n) is 2.62. The van der Waals surface area contributed by atoms with Gasteiger partial charge in [-0.15, -0.1) is 6.42 Å². The topological polar surface area (TPSA) is 46.6 Å². The number of aryl methyl sites for hydroxylation is 2. The number of sulfonamides is 1. The molecule has 0 N–H and O–H groups in total. The first-order chi connectivity index (χ1) is 10.4. The molecule has 5 heteroatoms. The van der Waals surface area contributed by atoms with Crippen LogP contribution >= 0.6 is 0 Å². The first-order valence-corrected chi connectivity index (χ1v) is 8.97. The fourth-order valence-corrected chi connectivity index (χ4v) is 4.18. The summed E-state index contributed by atoms with van der Waals surface area (Å²) >= 11 is 0. The molecule has 1 fully saturated rings. The lowest BCUT2D eigenvalue weighted by Gasteiger charge is -2.31. The molecule has 0 atom stereocenters. The van der Waals surface area contributed by atoms with E-state index in [4.69, 9.17) is 11.2 Å². The van der Waals surface area contributed by atoms with Crippen molar-refractivity contribution in [1.82, 2.24) is 4.31 Å². The first kappa shape index (κ1) is 17.0. The second-order valence-electron chi connectivity index (χ2n) is 5.81. The van der Waals surface area contributed by atoms with E-state index in [1.54, 1.807) is 16.4 Å². The van der Waals surface area contributed by atoms with Crippen molar-refractivity contribution in [2.75, 3.05) is 26.3 Å². The zero-order valence-electron chi connectivity index (χ0n) is 13.2. The van der Waals surface area contributed by atoms with E-state index in [1.165, 1.54) is 0 Å². The summed E-state index contributed by atoms with van der Waals surface area (Å²) in [6, 6.07) is 5.31. The van der Waals surface area contributed by atoms with Crippen molar-refractivity contribution in [3.05, 3.63) is 29.3 Å². The van der Waals surface area contributed by atoms with Gasteiger partial charge in [0.1, 0.15) is 6.61 Å². The zero-order chi connectivity index (χ0) is 16.2. The minimum Gasteiger partial charge on any atom is -0.369 e. The molecular weight excluding hydrogens is 298 g/mol. The summed E-state index contributed by atoms with van der Waals surface area (Å²) in [5.74, 6) is 2.83. The van der Waals surface area contributed by atoms with Crippen LogP contribution in [0.4, 0.5) is 0 Å². The highest BCUT2D eigenvalue weighted by molar-refractivity contribution is 7.89. The molecule has 120 valence electrons. The standard InChI is InChI=1S/C17H23NO3S/c1-4-11-21-13-16-7-9-18(10-8-16)22(19,20)17-6-5-14(2)15(3)12-17/h1,5-6,12,16H,7-11,13H2,2-3H3. The number of nitrogens with zero attached hydrogens (tertiary/aromatic N) is 1. The highest BCUT2D eigenvalue weighted by atomic mass is 32.2. The maximum atomic E-state index is 12.7. The summed E-state index contributed by atoms with van der Waals surface area (Å²) in [5.41, 5.74) is 2.10. The normalized spacial score (nSPS) is 17.3. The average molecular weight is 321 g/mol. The maximum Gasteiger partial charge on any atom is 0.243 e. The van der Waals surface area contributed by atoms with Crippen LogP contribution < -0.4 is 0 Å². The number of ether oxygens (including phenoxy) is 1. The number of benzene rings is 1. The van der Waals surface area contributed by atoms with Crippen molar-refractivity contribution in [2.24, 2.45) is 5.92 Å². The highest BCUT2D eigenvalue weighted by Gasteiger charge is 2.29. The van der Waals surface area contributed by atoms with E-state index in [0.717, 1.165) is 24.0 Å². The van der Waals surface area contributed by atoms with E-state index in [2.05, 4.69) is 5.92 Å². The lowest BCUT2D eigenvalue weighted by Crippen LogP contribution is -2.39. The lowest BCUT2D eigenvalue weighted by molar-refractivity contribution is 0.101. The van der Waals surface area contributed by atoms with Crippen LogP contribution in [0.1, 0.15) is 24.0 Å². The predicted octanol–water partition coefficient (Wildman–Crippen LogP) is 2.35. The molecule has 0 aromatic heterocycles. The molecule has 0 saturated carbocycles. The quantitative estimate of drug-likeness (QED) is 0.618. The van der Waals surface area contributed by atoms with Crippen LogP contribution in [-0.2, 0) is 14.8 Å². The molecule has 1 aliphatic rings. The van der Waals surface area contributed by atoms with E-state index in [9.17, 15) is 8.42 Å². The van der Waals surface area contributed by atoms with Crippen molar-refractivity contribution in [3.63, 3.8) is 0 Å². The van der Waals surface area contributed by atoms with Gasteiger partial charge in [0, 0.05) is 13.1 Å². The third-order valence-electron chi connectivity index (χ3n) is 4.23. The summed E-state index contributed by atoms with van der Waals surface area (Å²) in [6.45, 7) is 5.93. The summed E-state index contributed by atoms with van der Waals surface area (Å²) in [5, 5.41) is 0. The third-order valence-corrected chi connectivity index (χ3v) is 6.12. The molecule has 0 amide bonds. The molecule has 4 nitrogen and oxygen atoms in total. The van der Waals surface area contributed by atoms with Crippen molar-refractivity contribution >= 4 is 10.0 Å². The van der Waals surface area contributed by atoms with Crippen LogP contribution in [0.5, 0.6) is 0 Å². The number of hydrogen-bond donors (Lipinski definition) is 0. The second kappa shape index (κ2) is 7.28. The van der Waals surface area contributed by atoms with Gasteiger partial charge in [-0.05, 0) is 55.9 Å². The van der Waals surface area contributed by atoms with Gasteiger partial charge in [-0.1, -0.05) is 12.0 Å². The van der Waals surface area contributed by atoms with Gasteiger partial charge in [-0.3, -0.25) is 0 Å². The summed E-state index contributed by atoms with van der Waals surface area (Å²) < 4.78 is 32.3. The first-order valence-electron chi connectivity index (χ1n) is 7.53. The smallest absolute Gasteiger partial charge is 0.243 e. The second-order valence-corrected chi connectivity index (χ2v) is 7.75. The molecule has 2 rings (SSSR count). The molecule has 0 aliphatic carbocycles. The molecule has 1 saturated heterocycles. The largest absolute Gasteiger partial charge is 0.369 e. The van der Waals surface area contributed by atoms with Crippen LogP contribution in [-0.4, -0.2) is 39.0 Å². The number of rotatable bonds is 5. The monoisotopic (exact) mass is 321 g/mol. The Kier molecular flexibility index (Phi) is 5.63. The van der Waals surface area contributed by atoms with Gasteiger partial charge in [0.05, 0.1) is 11.5 Å². The summed E-state index contributed by atoms with van der Waals surface area (Å²) in [4.78, 5) is 0.387. The van der Waals surface area contributed by atoms with Gasteiger partial charge >= 0.3 is 0 Å². The van der Waals surface area contributed by atoms with Gasteiger partial charge in [-0.2, -0.15) is 4.31 Å². The van der Waals surface area contributed by atoms with E-state index in [0.29, 0.717) is 37.1 Å². The summed E-state index contributed by atoms with van der Waals surface area (Å²) in [6.07, 6.45) is 6.78. The number of hydrogen-bond acceptors (Lipinski definition) is 3. The number of terminal acetylenes is 1. The molecule has 0 spiro atoms. The van der Waals surface area contributed by atoms with Crippen molar-refractivity contribution in [1.29, 1.82) is 0 Å². The molecule has 1 heterocycles. The Labute approximate surface area is 133 Å². The molecule has 0 bridgehead atoms. The SMILES string of the molecule is C#CCOCC1CCN(S(=O)(=O)c2ccc(C)c(C)c2)CC1. The molecule has 22 heavy (non-hydrogen) atoms. The maximum absolute atomic E-state index is 12.7. The Morgan fingerprint density at radius 3 is 2.55 bits per heavy atom. The summed E-state index contributed by atoms with van der Waals surface area (Å²) in [7, 11) is -3.39. The van der Waals surface area contributed by atoms with Gasteiger partial charge in [0.2, 0.25) is 10.0 Å². The predicted molar refractivity (Wildman–Crippen MR) is 87.1 cm³/mol. The Hall–Kier alpha value is -1.35. The van der Waals surface area contributed by atoms with E-state index in [1.807, 2.05) is 19.9 Å². The van der Waals surface area contributed by atoms with Gasteiger partial charge in [0.25, 0.3) is 0 Å². The van der Waals surface area contributed by atoms with Crippen LogP contribution in [0, 0.1) is 32.1 Å². The number of piperidine rings is 1. The van der Waals surface area contributed by atoms with E-state index >= 15 is 0 Å². The van der Waals surface area contributed by atoms with E-state index < -0.39 is 10.0 Å². The Balaban J connectivity index is 2.00. The van der Waals surface area contributed by atoms with Crippen molar-refractivity contribution in [2.45, 2.75) is 31.6 Å². The minimum atomic E-state index is -3.39. The van der Waals surface area contributed by atoms with Crippen LogP contribution in [0.2, 0.25) is 0 Å². The third kappa shape index (κ3) is 3.89. The molecule has 0 unspecified atom stereocenters. The molecule has 1 aromatic rings. The van der Waals surface area contributed by atoms with Gasteiger partial charge in [-0.25, -0.2) is 8.42 Å². The molecule has 0 radical (unpaired) electrons. The highest BCUT2D eigenvalue weighted by Crippen LogP contribution is 2.25.